The number of methoxy groups -OCH3 is 1. The lowest BCUT2D eigenvalue weighted by Gasteiger charge is -2.28. The van der Waals surface area contributed by atoms with Gasteiger partial charge in [0, 0.05) is 7.11 Å². The minimum atomic E-state index is -1.74. The first-order valence-electron chi connectivity index (χ1n) is 4.69. The number of hydrogen-bond donors (Lipinski definition) is 1. The van der Waals surface area contributed by atoms with Gasteiger partial charge in [0.25, 0.3) is 5.79 Å². The fraction of sp³-hybridized carbons (Fsp3) is 0.889. The minimum Gasteiger partial charge on any atom is -0.477 e. The molecule has 2 aliphatic heterocycles. The maximum Gasteiger partial charge on any atom is 0.367 e. The molecule has 0 bridgehead atoms. The van der Waals surface area contributed by atoms with Gasteiger partial charge in [-0.3, -0.25) is 0 Å². The Morgan fingerprint density at radius 1 is 1.47 bits per heavy atom. The third kappa shape index (κ3) is 1.45. The molecule has 0 amide bonds. The van der Waals surface area contributed by atoms with Crippen LogP contribution in [0.25, 0.3) is 0 Å². The van der Waals surface area contributed by atoms with Crippen molar-refractivity contribution >= 4 is 5.97 Å². The molecule has 2 saturated heterocycles. The topological polar surface area (TPSA) is 74.2 Å². The SMILES string of the molecule is CO[C@]1(C(=O)O)OC[C@H]2OC(C)(C)O[C@@H]21. The third-order valence-electron chi connectivity index (χ3n) is 2.62. The average molecular weight is 218 g/mol. The first-order valence-corrected chi connectivity index (χ1v) is 4.69. The van der Waals surface area contributed by atoms with Gasteiger partial charge in [0.2, 0.25) is 0 Å². The second-order valence-electron chi connectivity index (χ2n) is 4.08. The number of aliphatic carboxylic acids is 1. The summed E-state index contributed by atoms with van der Waals surface area (Å²) >= 11 is 0. The lowest BCUT2D eigenvalue weighted by molar-refractivity contribution is -0.268. The number of rotatable bonds is 2. The summed E-state index contributed by atoms with van der Waals surface area (Å²) in [5, 5.41) is 9.10. The summed E-state index contributed by atoms with van der Waals surface area (Å²) in [6, 6.07) is 0. The van der Waals surface area contributed by atoms with E-state index in [9.17, 15) is 4.79 Å². The van der Waals surface area contributed by atoms with Crippen LogP contribution >= 0.6 is 0 Å². The molecule has 0 saturated carbocycles. The highest BCUT2D eigenvalue weighted by molar-refractivity contribution is 5.77. The van der Waals surface area contributed by atoms with Gasteiger partial charge in [-0.1, -0.05) is 0 Å². The van der Waals surface area contributed by atoms with Gasteiger partial charge in [-0.15, -0.1) is 0 Å². The summed E-state index contributed by atoms with van der Waals surface area (Å²) in [7, 11) is 1.28. The number of carbonyl (C=O) groups is 1. The smallest absolute Gasteiger partial charge is 0.367 e. The van der Waals surface area contributed by atoms with Crippen molar-refractivity contribution in [1.29, 1.82) is 0 Å². The van der Waals surface area contributed by atoms with Crippen molar-refractivity contribution in [3.63, 3.8) is 0 Å². The summed E-state index contributed by atoms with van der Waals surface area (Å²) in [6.07, 6.45) is -1.12. The van der Waals surface area contributed by atoms with Gasteiger partial charge >= 0.3 is 5.97 Å². The van der Waals surface area contributed by atoms with Gasteiger partial charge in [-0.2, -0.15) is 0 Å². The summed E-state index contributed by atoms with van der Waals surface area (Å²) in [6.45, 7) is 3.62. The lowest BCUT2D eigenvalue weighted by Crippen LogP contribution is -2.51. The highest BCUT2D eigenvalue weighted by Crippen LogP contribution is 2.41. The van der Waals surface area contributed by atoms with Crippen molar-refractivity contribution in [2.24, 2.45) is 0 Å². The van der Waals surface area contributed by atoms with Crippen LogP contribution in [0.15, 0.2) is 0 Å². The van der Waals surface area contributed by atoms with Crippen LogP contribution in [0.4, 0.5) is 0 Å². The molecule has 0 aromatic carbocycles. The van der Waals surface area contributed by atoms with Gasteiger partial charge in [0.1, 0.15) is 6.10 Å². The van der Waals surface area contributed by atoms with E-state index >= 15 is 0 Å². The quantitative estimate of drug-likeness (QED) is 0.701. The molecule has 0 aromatic rings. The molecule has 2 fully saturated rings. The Morgan fingerprint density at radius 3 is 2.67 bits per heavy atom. The molecule has 2 heterocycles. The predicted molar refractivity (Wildman–Crippen MR) is 47.2 cm³/mol. The van der Waals surface area contributed by atoms with Crippen LogP contribution in [0.1, 0.15) is 13.8 Å². The van der Waals surface area contributed by atoms with E-state index in [0.717, 1.165) is 0 Å². The molecule has 0 unspecified atom stereocenters. The Bertz CT molecular complexity index is 288. The molecule has 6 nitrogen and oxygen atoms in total. The number of ether oxygens (including phenoxy) is 4. The molecule has 6 heteroatoms. The first-order chi connectivity index (χ1) is 6.91. The highest BCUT2D eigenvalue weighted by atomic mass is 16.8. The molecule has 15 heavy (non-hydrogen) atoms. The molecule has 1 N–H and O–H groups in total. The maximum atomic E-state index is 11.1. The number of carboxylic acids is 1. The van der Waals surface area contributed by atoms with E-state index in [-0.39, 0.29) is 6.61 Å². The van der Waals surface area contributed by atoms with Crippen molar-refractivity contribution in [2.45, 2.75) is 37.6 Å². The summed E-state index contributed by atoms with van der Waals surface area (Å²) < 4.78 is 21.1. The van der Waals surface area contributed by atoms with Gasteiger partial charge < -0.3 is 24.1 Å². The zero-order valence-corrected chi connectivity index (χ0v) is 8.85. The Labute approximate surface area is 87.1 Å². The molecular formula is C9H14O6. The van der Waals surface area contributed by atoms with Crippen LogP contribution in [-0.2, 0) is 23.7 Å². The number of fused-ring (bicyclic) bond motifs is 1. The minimum absolute atomic E-state index is 0.161. The number of hydrogen-bond acceptors (Lipinski definition) is 5. The second-order valence-corrected chi connectivity index (χ2v) is 4.08. The maximum absolute atomic E-state index is 11.1. The fourth-order valence-electron chi connectivity index (χ4n) is 2.01. The molecule has 86 valence electrons. The Kier molecular flexibility index (Phi) is 2.27. The van der Waals surface area contributed by atoms with Crippen LogP contribution in [0.2, 0.25) is 0 Å². The van der Waals surface area contributed by atoms with Gasteiger partial charge in [-0.25, -0.2) is 4.79 Å². The van der Waals surface area contributed by atoms with Crippen LogP contribution in [0, 0.1) is 0 Å². The van der Waals surface area contributed by atoms with E-state index in [1.807, 2.05) is 0 Å². The lowest BCUT2D eigenvalue weighted by atomic mass is 10.1. The van der Waals surface area contributed by atoms with Crippen molar-refractivity contribution < 1.29 is 28.8 Å². The zero-order valence-electron chi connectivity index (χ0n) is 8.85. The molecule has 0 aliphatic carbocycles. The van der Waals surface area contributed by atoms with Crippen LogP contribution < -0.4 is 0 Å². The van der Waals surface area contributed by atoms with Crippen LogP contribution in [0.3, 0.4) is 0 Å². The highest BCUT2D eigenvalue weighted by Gasteiger charge is 2.63. The van der Waals surface area contributed by atoms with Crippen molar-refractivity contribution in [1.82, 2.24) is 0 Å². The molecular weight excluding hydrogens is 204 g/mol. The van der Waals surface area contributed by atoms with Crippen molar-refractivity contribution in [2.75, 3.05) is 13.7 Å². The normalized spacial score (nSPS) is 42.9. The molecule has 0 spiro atoms. The standard InChI is InChI=1S/C9H14O6/c1-8(2)14-5-4-13-9(12-3,7(10)11)6(5)15-8/h5-6H,4H2,1-3H3,(H,10,11)/t5-,6+,9+/m1/s1. The van der Waals surface area contributed by atoms with Gasteiger partial charge in [0.15, 0.2) is 11.9 Å². The van der Waals surface area contributed by atoms with Crippen LogP contribution in [-0.4, -0.2) is 48.6 Å². The third-order valence-corrected chi connectivity index (χ3v) is 2.62. The first kappa shape index (κ1) is 10.8. The Hall–Kier alpha value is -0.690. The largest absolute Gasteiger partial charge is 0.477 e. The summed E-state index contributed by atoms with van der Waals surface area (Å²) in [5.74, 6) is -3.73. The molecule has 2 aliphatic rings. The second kappa shape index (κ2) is 3.15. The fourth-order valence-corrected chi connectivity index (χ4v) is 2.01. The molecule has 0 aromatic heterocycles. The van der Waals surface area contributed by atoms with Crippen molar-refractivity contribution in [3.8, 4) is 0 Å². The number of carboxylic acid groups (broad SMARTS) is 1. The van der Waals surface area contributed by atoms with E-state index < -0.39 is 29.8 Å². The van der Waals surface area contributed by atoms with Gasteiger partial charge in [-0.05, 0) is 13.8 Å². The van der Waals surface area contributed by atoms with Crippen molar-refractivity contribution in [3.05, 3.63) is 0 Å². The summed E-state index contributed by atoms with van der Waals surface area (Å²) in [4.78, 5) is 11.1. The Balaban J connectivity index is 2.27. The van der Waals surface area contributed by atoms with E-state index in [4.69, 9.17) is 24.1 Å². The van der Waals surface area contributed by atoms with Crippen LogP contribution in [0.5, 0.6) is 0 Å². The monoisotopic (exact) mass is 218 g/mol. The molecule has 2 rings (SSSR count). The molecule has 0 radical (unpaired) electrons. The van der Waals surface area contributed by atoms with E-state index in [1.54, 1.807) is 13.8 Å². The predicted octanol–water partition coefficient (Wildman–Crippen LogP) is -0.0360. The summed E-state index contributed by atoms with van der Waals surface area (Å²) in [5.41, 5.74) is 0. The average Bonchev–Trinajstić information content (AvgIpc) is 2.58. The zero-order chi connectivity index (χ0) is 11.3. The van der Waals surface area contributed by atoms with E-state index in [1.165, 1.54) is 7.11 Å². The Morgan fingerprint density at radius 2 is 2.13 bits per heavy atom. The van der Waals surface area contributed by atoms with E-state index in [2.05, 4.69) is 0 Å². The molecule has 3 atom stereocenters. The van der Waals surface area contributed by atoms with E-state index in [0.29, 0.717) is 0 Å². The van der Waals surface area contributed by atoms with Gasteiger partial charge in [0.05, 0.1) is 6.61 Å².